The molecule has 1 unspecified atom stereocenters. The molecule has 2 heterocycles. The summed E-state index contributed by atoms with van der Waals surface area (Å²) >= 11 is 0. The molecule has 1 aromatic heterocycles. The van der Waals surface area contributed by atoms with Crippen molar-refractivity contribution in [1.29, 1.82) is 0 Å². The van der Waals surface area contributed by atoms with E-state index in [4.69, 9.17) is 4.42 Å². The average molecular weight is 479 g/mol. The molecule has 7 heteroatoms. The fraction of sp³-hybridized carbons (Fsp3) is 0.429. The summed E-state index contributed by atoms with van der Waals surface area (Å²) in [5.74, 6) is -1.04. The number of fused-ring (bicyclic) bond motifs is 1. The molecule has 2 aliphatic rings. The Kier molecular flexibility index (Phi) is 5.61. The molecule has 1 saturated heterocycles. The maximum absolute atomic E-state index is 14.9. The number of aromatic carboxylic acids is 1. The van der Waals surface area contributed by atoms with Crippen LogP contribution in [0.4, 0.5) is 16.0 Å². The van der Waals surface area contributed by atoms with Crippen LogP contribution in [0.3, 0.4) is 0 Å². The summed E-state index contributed by atoms with van der Waals surface area (Å²) < 4.78 is 21.3. The first-order valence-corrected chi connectivity index (χ1v) is 12.3. The Hall–Kier alpha value is -3.35. The molecule has 0 radical (unpaired) electrons. The van der Waals surface area contributed by atoms with Crippen LogP contribution in [0.2, 0.25) is 0 Å². The smallest absolute Gasteiger partial charge is 0.337 e. The molecule has 1 spiro atoms. The number of halogens is 1. The normalized spacial score (nSPS) is 18.5. The fourth-order valence-corrected chi connectivity index (χ4v) is 5.34. The van der Waals surface area contributed by atoms with Crippen LogP contribution in [0.5, 0.6) is 0 Å². The monoisotopic (exact) mass is 478 g/mol. The minimum Gasteiger partial charge on any atom is -0.478 e. The molecular formula is C28H31FN2O4. The van der Waals surface area contributed by atoms with E-state index in [1.807, 2.05) is 13.8 Å². The number of benzene rings is 2. The van der Waals surface area contributed by atoms with E-state index < -0.39 is 17.3 Å². The number of carbonyl (C=O) groups is 1. The number of piperidine rings is 1. The Labute approximate surface area is 203 Å². The van der Waals surface area contributed by atoms with Crippen molar-refractivity contribution in [2.75, 3.05) is 23.3 Å². The largest absolute Gasteiger partial charge is 0.478 e. The second-order valence-electron chi connectivity index (χ2n) is 10.3. The third-order valence-electron chi connectivity index (χ3n) is 8.10. The second-order valence-corrected chi connectivity index (χ2v) is 10.3. The molecule has 1 saturated carbocycles. The average Bonchev–Trinajstić information content (AvgIpc) is 3.60. The summed E-state index contributed by atoms with van der Waals surface area (Å²) in [7, 11) is 0. The minimum absolute atomic E-state index is 0.119. The minimum atomic E-state index is -1.06. The number of rotatable bonds is 6. The maximum Gasteiger partial charge on any atom is 0.337 e. The lowest BCUT2D eigenvalue weighted by Crippen LogP contribution is -2.36. The molecule has 184 valence electrons. The van der Waals surface area contributed by atoms with Crippen molar-refractivity contribution >= 4 is 28.5 Å². The molecule has 0 amide bonds. The highest BCUT2D eigenvalue weighted by Gasteiger charge is 2.45. The van der Waals surface area contributed by atoms with Crippen LogP contribution in [0, 0.1) is 18.2 Å². The van der Waals surface area contributed by atoms with Crippen LogP contribution in [-0.4, -0.2) is 24.2 Å². The summed E-state index contributed by atoms with van der Waals surface area (Å²) in [4.78, 5) is 27.3. The van der Waals surface area contributed by atoms with E-state index in [-0.39, 0.29) is 16.4 Å². The Morgan fingerprint density at radius 2 is 1.89 bits per heavy atom. The topological polar surface area (TPSA) is 82.8 Å². The first-order chi connectivity index (χ1) is 16.7. The van der Waals surface area contributed by atoms with Gasteiger partial charge in [0.2, 0.25) is 5.88 Å². The lowest BCUT2D eigenvalue weighted by atomic mass is 9.86. The lowest BCUT2D eigenvalue weighted by molar-refractivity contribution is 0.0698. The molecule has 1 aliphatic carbocycles. The second kappa shape index (κ2) is 8.40. The number of carboxylic acid groups (broad SMARTS) is 1. The molecule has 35 heavy (non-hydrogen) atoms. The quantitative estimate of drug-likeness (QED) is 0.448. The number of carboxylic acids is 1. The van der Waals surface area contributed by atoms with Crippen molar-refractivity contribution in [1.82, 2.24) is 0 Å². The first-order valence-electron chi connectivity index (χ1n) is 12.3. The predicted octanol–water partition coefficient (Wildman–Crippen LogP) is 6.06. The van der Waals surface area contributed by atoms with Crippen molar-refractivity contribution < 1.29 is 18.7 Å². The number of nitrogens with one attached hydrogen (secondary N) is 1. The van der Waals surface area contributed by atoms with Gasteiger partial charge in [-0.15, -0.1) is 0 Å². The molecule has 2 fully saturated rings. The number of nitrogens with zero attached hydrogens (tertiary/aromatic N) is 1. The van der Waals surface area contributed by atoms with Gasteiger partial charge in [0.1, 0.15) is 11.4 Å². The summed E-state index contributed by atoms with van der Waals surface area (Å²) in [6, 6.07) is 9.24. The molecule has 0 bridgehead atoms. The third-order valence-corrected chi connectivity index (χ3v) is 8.10. The Bertz CT molecular complexity index is 1370. The number of hydrogen-bond donors (Lipinski definition) is 2. The highest BCUT2D eigenvalue weighted by atomic mass is 19.1. The summed E-state index contributed by atoms with van der Waals surface area (Å²) in [5.41, 5.74) is 1.21. The highest BCUT2D eigenvalue weighted by Crippen LogP contribution is 2.54. The van der Waals surface area contributed by atoms with E-state index >= 15 is 0 Å². The molecule has 1 atom stereocenters. The molecule has 2 N–H and O–H groups in total. The van der Waals surface area contributed by atoms with Gasteiger partial charge in [-0.05, 0) is 75.6 Å². The van der Waals surface area contributed by atoms with E-state index in [1.165, 1.54) is 31.0 Å². The predicted molar refractivity (Wildman–Crippen MR) is 135 cm³/mol. The van der Waals surface area contributed by atoms with Crippen LogP contribution in [0.25, 0.3) is 11.0 Å². The Morgan fingerprint density at radius 1 is 1.20 bits per heavy atom. The van der Waals surface area contributed by atoms with Crippen LogP contribution in [0.15, 0.2) is 45.6 Å². The molecule has 5 rings (SSSR count). The van der Waals surface area contributed by atoms with Crippen molar-refractivity contribution in [3.05, 3.63) is 69.1 Å². The van der Waals surface area contributed by atoms with Crippen LogP contribution in [-0.2, 0) is 5.54 Å². The Morgan fingerprint density at radius 3 is 2.51 bits per heavy atom. The Balaban J connectivity index is 1.64. The van der Waals surface area contributed by atoms with E-state index in [1.54, 1.807) is 25.1 Å². The van der Waals surface area contributed by atoms with Crippen molar-refractivity contribution in [2.45, 2.75) is 58.4 Å². The molecule has 1 aliphatic heterocycles. The summed E-state index contributed by atoms with van der Waals surface area (Å²) in [5, 5.41) is 13.2. The van der Waals surface area contributed by atoms with Gasteiger partial charge < -0.3 is 19.7 Å². The van der Waals surface area contributed by atoms with E-state index in [0.717, 1.165) is 25.9 Å². The highest BCUT2D eigenvalue weighted by molar-refractivity contribution is 5.94. The lowest BCUT2D eigenvalue weighted by Gasteiger charge is -2.35. The molecule has 3 aromatic rings. The molecule has 6 nitrogen and oxygen atoms in total. The van der Waals surface area contributed by atoms with Gasteiger partial charge in [-0.25, -0.2) is 9.18 Å². The van der Waals surface area contributed by atoms with E-state index in [0.29, 0.717) is 40.1 Å². The van der Waals surface area contributed by atoms with Gasteiger partial charge in [0.15, 0.2) is 5.43 Å². The van der Waals surface area contributed by atoms with Gasteiger partial charge in [0.25, 0.3) is 0 Å². The van der Waals surface area contributed by atoms with E-state index in [9.17, 15) is 19.1 Å². The van der Waals surface area contributed by atoms with Crippen molar-refractivity contribution in [3.63, 3.8) is 0 Å². The zero-order valence-electron chi connectivity index (χ0n) is 20.4. The summed E-state index contributed by atoms with van der Waals surface area (Å²) in [6.07, 6.45) is 5.24. The van der Waals surface area contributed by atoms with Crippen molar-refractivity contribution in [3.8, 4) is 0 Å². The van der Waals surface area contributed by atoms with E-state index in [2.05, 4.69) is 10.2 Å². The van der Waals surface area contributed by atoms with Gasteiger partial charge in [-0.2, -0.15) is 0 Å². The molecular weight excluding hydrogens is 447 g/mol. The maximum atomic E-state index is 14.9. The van der Waals surface area contributed by atoms with Gasteiger partial charge in [-0.3, -0.25) is 4.79 Å². The third kappa shape index (κ3) is 4.07. The first kappa shape index (κ1) is 23.4. The zero-order valence-corrected chi connectivity index (χ0v) is 20.4. The summed E-state index contributed by atoms with van der Waals surface area (Å²) in [6.45, 7) is 7.21. The van der Waals surface area contributed by atoms with Crippen LogP contribution < -0.4 is 15.6 Å². The SMILES string of the molecule is CCC(C)(Nc1ccccc1C(=O)O)c1cc(F)cc2c(=O)c(C)c(N3CCC4(CC3)CC4)oc12. The standard InChI is InChI=1S/C28H31FN2O4/c1-4-27(3,30-22-8-6-5-7-19(22)26(33)34)21-16-18(29)15-20-23(32)17(2)25(35-24(20)21)31-13-11-28(9-10-28)12-14-31/h5-8,15-16,30H,4,9-14H2,1-3H3,(H,33,34). The van der Waals surface area contributed by atoms with Gasteiger partial charge in [0.05, 0.1) is 22.1 Å². The van der Waals surface area contributed by atoms with Gasteiger partial charge >= 0.3 is 5.97 Å². The number of anilines is 2. The van der Waals surface area contributed by atoms with Crippen LogP contribution >= 0.6 is 0 Å². The van der Waals surface area contributed by atoms with Crippen LogP contribution in [0.1, 0.15) is 67.4 Å². The van der Waals surface area contributed by atoms with Gasteiger partial charge in [-0.1, -0.05) is 19.1 Å². The van der Waals surface area contributed by atoms with Gasteiger partial charge in [0, 0.05) is 24.3 Å². The number of hydrogen-bond acceptors (Lipinski definition) is 5. The zero-order chi connectivity index (χ0) is 25.0. The fourth-order valence-electron chi connectivity index (χ4n) is 5.34. The molecule has 2 aromatic carbocycles. The number of para-hydroxylation sites is 1. The van der Waals surface area contributed by atoms with Crippen molar-refractivity contribution in [2.24, 2.45) is 5.41 Å².